The molecule has 1 aromatic carbocycles. The molecule has 0 radical (unpaired) electrons. The Kier molecular flexibility index (Phi) is 6.18. The molecule has 1 amide bonds. The van der Waals surface area contributed by atoms with Crippen LogP contribution in [0.15, 0.2) is 29.4 Å². The SMILES string of the molecule is CCNc1nc(SCC(=O)N(C)CCC#N)nc2ccccc12. The zero-order valence-corrected chi connectivity index (χ0v) is 14.1. The Hall–Kier alpha value is -2.33. The first-order valence-corrected chi connectivity index (χ1v) is 8.38. The fourth-order valence-corrected chi connectivity index (χ4v) is 2.79. The number of carbonyl (C=O) groups is 1. The topological polar surface area (TPSA) is 81.9 Å². The van der Waals surface area contributed by atoms with Crippen LogP contribution < -0.4 is 5.32 Å². The quantitative estimate of drug-likeness (QED) is 0.621. The molecule has 0 saturated carbocycles. The summed E-state index contributed by atoms with van der Waals surface area (Å²) in [5, 5.41) is 13.3. The van der Waals surface area contributed by atoms with Crippen LogP contribution in [0.3, 0.4) is 0 Å². The largest absolute Gasteiger partial charge is 0.370 e. The summed E-state index contributed by atoms with van der Waals surface area (Å²) in [5.41, 5.74) is 0.853. The van der Waals surface area contributed by atoms with E-state index in [-0.39, 0.29) is 11.7 Å². The molecule has 2 aromatic rings. The van der Waals surface area contributed by atoms with Crippen LogP contribution in [0.2, 0.25) is 0 Å². The molecule has 6 nitrogen and oxygen atoms in total. The van der Waals surface area contributed by atoms with Crippen molar-refractivity contribution in [2.75, 3.05) is 31.2 Å². The monoisotopic (exact) mass is 329 g/mol. The Balaban J connectivity index is 2.11. The number of anilines is 1. The minimum absolute atomic E-state index is 0.0352. The molecule has 7 heteroatoms. The second-order valence-corrected chi connectivity index (χ2v) is 5.86. The number of benzene rings is 1. The molecule has 1 aromatic heterocycles. The molecule has 120 valence electrons. The van der Waals surface area contributed by atoms with Crippen molar-refractivity contribution in [2.45, 2.75) is 18.5 Å². The summed E-state index contributed by atoms with van der Waals surface area (Å²) in [5.74, 6) is 1.00. The van der Waals surface area contributed by atoms with Gasteiger partial charge in [0.05, 0.1) is 23.8 Å². The second kappa shape index (κ2) is 8.34. The van der Waals surface area contributed by atoms with Crippen LogP contribution in [0, 0.1) is 11.3 Å². The molecule has 0 fully saturated rings. The van der Waals surface area contributed by atoms with Gasteiger partial charge in [0, 0.05) is 25.5 Å². The Morgan fingerprint density at radius 3 is 2.91 bits per heavy atom. The number of hydrogen-bond donors (Lipinski definition) is 1. The van der Waals surface area contributed by atoms with Crippen LogP contribution in [0.5, 0.6) is 0 Å². The van der Waals surface area contributed by atoms with Gasteiger partial charge in [0.25, 0.3) is 0 Å². The number of rotatable bonds is 7. The van der Waals surface area contributed by atoms with Crippen LogP contribution >= 0.6 is 11.8 Å². The third-order valence-corrected chi connectivity index (χ3v) is 4.07. The van der Waals surface area contributed by atoms with E-state index in [9.17, 15) is 4.79 Å². The molecule has 1 N–H and O–H groups in total. The van der Waals surface area contributed by atoms with Gasteiger partial charge in [0.15, 0.2) is 5.16 Å². The van der Waals surface area contributed by atoms with Crippen molar-refractivity contribution in [2.24, 2.45) is 0 Å². The zero-order valence-electron chi connectivity index (χ0n) is 13.2. The molecular formula is C16H19N5OS. The Morgan fingerprint density at radius 1 is 1.39 bits per heavy atom. The van der Waals surface area contributed by atoms with Gasteiger partial charge in [-0.2, -0.15) is 5.26 Å². The predicted molar refractivity (Wildman–Crippen MR) is 92.3 cm³/mol. The minimum Gasteiger partial charge on any atom is -0.370 e. The third kappa shape index (κ3) is 4.57. The summed E-state index contributed by atoms with van der Waals surface area (Å²) in [7, 11) is 1.70. The number of hydrogen-bond acceptors (Lipinski definition) is 6. The Morgan fingerprint density at radius 2 is 2.17 bits per heavy atom. The number of nitriles is 1. The highest BCUT2D eigenvalue weighted by atomic mass is 32.2. The Bertz CT molecular complexity index is 728. The zero-order chi connectivity index (χ0) is 16.7. The van der Waals surface area contributed by atoms with E-state index in [2.05, 4.69) is 15.3 Å². The average molecular weight is 329 g/mol. The lowest BCUT2D eigenvalue weighted by Crippen LogP contribution is -2.29. The van der Waals surface area contributed by atoms with Crippen molar-refractivity contribution in [1.29, 1.82) is 5.26 Å². The van der Waals surface area contributed by atoms with Gasteiger partial charge in [-0.15, -0.1) is 0 Å². The molecule has 0 bridgehead atoms. The first-order chi connectivity index (χ1) is 11.2. The number of aromatic nitrogens is 2. The maximum atomic E-state index is 12.0. The molecule has 1 heterocycles. The van der Waals surface area contributed by atoms with E-state index in [1.807, 2.05) is 37.3 Å². The molecule has 0 aliphatic rings. The summed E-state index contributed by atoms with van der Waals surface area (Å²) in [6.45, 7) is 3.22. The minimum atomic E-state index is -0.0352. The first-order valence-electron chi connectivity index (χ1n) is 7.40. The van der Waals surface area contributed by atoms with Gasteiger partial charge in [0.1, 0.15) is 5.82 Å². The summed E-state index contributed by atoms with van der Waals surface area (Å²) in [6, 6.07) is 9.83. The number of nitrogens with zero attached hydrogens (tertiary/aromatic N) is 4. The van der Waals surface area contributed by atoms with E-state index in [1.165, 1.54) is 11.8 Å². The van der Waals surface area contributed by atoms with Crippen LogP contribution in [-0.2, 0) is 4.79 Å². The first kappa shape index (κ1) is 17.0. The number of carbonyl (C=O) groups excluding carboxylic acids is 1. The van der Waals surface area contributed by atoms with E-state index in [1.54, 1.807) is 11.9 Å². The smallest absolute Gasteiger partial charge is 0.232 e. The molecule has 0 aliphatic carbocycles. The van der Waals surface area contributed by atoms with Crippen LogP contribution in [0.1, 0.15) is 13.3 Å². The lowest BCUT2D eigenvalue weighted by molar-refractivity contribution is -0.127. The van der Waals surface area contributed by atoms with Crippen molar-refractivity contribution in [3.8, 4) is 6.07 Å². The lowest BCUT2D eigenvalue weighted by atomic mass is 10.2. The number of para-hydroxylation sites is 1. The second-order valence-electron chi connectivity index (χ2n) is 4.91. The number of thioether (sulfide) groups is 1. The standard InChI is InChI=1S/C16H19N5OS/c1-3-18-15-12-7-4-5-8-13(12)19-16(20-15)23-11-14(22)21(2)10-6-9-17/h4-5,7-8H,3,6,10-11H2,1-2H3,(H,18,19,20). The van der Waals surface area contributed by atoms with Crippen LogP contribution in [-0.4, -0.2) is 46.7 Å². The van der Waals surface area contributed by atoms with E-state index in [0.717, 1.165) is 23.3 Å². The van der Waals surface area contributed by atoms with Gasteiger partial charge in [-0.1, -0.05) is 23.9 Å². The molecule has 0 unspecified atom stereocenters. The third-order valence-electron chi connectivity index (χ3n) is 3.24. The van der Waals surface area contributed by atoms with Crippen molar-refractivity contribution in [1.82, 2.24) is 14.9 Å². The van der Waals surface area contributed by atoms with Gasteiger partial charge in [-0.05, 0) is 19.1 Å². The molecule has 0 aliphatic heterocycles. The number of fused-ring (bicyclic) bond motifs is 1. The highest BCUT2D eigenvalue weighted by Crippen LogP contribution is 2.24. The fourth-order valence-electron chi connectivity index (χ4n) is 2.00. The number of nitrogens with one attached hydrogen (secondary N) is 1. The maximum absolute atomic E-state index is 12.0. The van der Waals surface area contributed by atoms with Crippen molar-refractivity contribution in [3.63, 3.8) is 0 Å². The van der Waals surface area contributed by atoms with Crippen molar-refractivity contribution in [3.05, 3.63) is 24.3 Å². The van der Waals surface area contributed by atoms with Gasteiger partial charge < -0.3 is 10.2 Å². The Labute approximate surface area is 139 Å². The van der Waals surface area contributed by atoms with E-state index in [4.69, 9.17) is 5.26 Å². The molecule has 2 rings (SSSR count). The van der Waals surface area contributed by atoms with E-state index >= 15 is 0 Å². The summed E-state index contributed by atoms with van der Waals surface area (Å²) >= 11 is 1.31. The van der Waals surface area contributed by atoms with Crippen molar-refractivity contribution < 1.29 is 4.79 Å². The predicted octanol–water partition coefficient (Wildman–Crippen LogP) is 2.53. The number of amides is 1. The van der Waals surface area contributed by atoms with Gasteiger partial charge in [-0.25, -0.2) is 9.97 Å². The van der Waals surface area contributed by atoms with Gasteiger partial charge in [-0.3, -0.25) is 4.79 Å². The summed E-state index contributed by atoms with van der Waals surface area (Å²) in [6.07, 6.45) is 0.337. The molecular weight excluding hydrogens is 310 g/mol. The molecule has 0 saturated heterocycles. The molecule has 0 spiro atoms. The van der Waals surface area contributed by atoms with E-state index < -0.39 is 0 Å². The van der Waals surface area contributed by atoms with Crippen LogP contribution in [0.4, 0.5) is 5.82 Å². The fraction of sp³-hybridized carbons (Fsp3) is 0.375. The molecule has 23 heavy (non-hydrogen) atoms. The average Bonchev–Trinajstić information content (AvgIpc) is 2.57. The van der Waals surface area contributed by atoms with Crippen molar-refractivity contribution >= 4 is 34.4 Å². The summed E-state index contributed by atoms with van der Waals surface area (Å²) in [4.78, 5) is 22.6. The van der Waals surface area contributed by atoms with Gasteiger partial charge >= 0.3 is 0 Å². The maximum Gasteiger partial charge on any atom is 0.232 e. The lowest BCUT2D eigenvalue weighted by Gasteiger charge is -2.15. The van der Waals surface area contributed by atoms with Crippen LogP contribution in [0.25, 0.3) is 10.9 Å². The van der Waals surface area contributed by atoms with Gasteiger partial charge in [0.2, 0.25) is 5.91 Å². The summed E-state index contributed by atoms with van der Waals surface area (Å²) < 4.78 is 0. The normalized spacial score (nSPS) is 10.3. The highest BCUT2D eigenvalue weighted by Gasteiger charge is 2.12. The molecule has 0 atom stereocenters. The highest BCUT2D eigenvalue weighted by molar-refractivity contribution is 7.99. The van der Waals surface area contributed by atoms with E-state index in [0.29, 0.717) is 18.1 Å².